The third-order valence-corrected chi connectivity index (χ3v) is 2.44. The lowest BCUT2D eigenvalue weighted by Crippen LogP contribution is -2.21. The van der Waals surface area contributed by atoms with Gasteiger partial charge in [0.25, 0.3) is 0 Å². The van der Waals surface area contributed by atoms with Gasteiger partial charge >= 0.3 is 12.1 Å². The van der Waals surface area contributed by atoms with Gasteiger partial charge < -0.3 is 10.4 Å². The summed E-state index contributed by atoms with van der Waals surface area (Å²) < 4.78 is 31.7. The van der Waals surface area contributed by atoms with Gasteiger partial charge in [-0.05, 0) is 30.3 Å². The molecule has 19 heavy (non-hydrogen) atoms. The molecule has 1 unspecified atom stereocenters. The number of alkyl halides is 3. The SMILES string of the molecule is C1=CNCC(c2ccncc2)C1.O=C(O)C(F)(F)F. The van der Waals surface area contributed by atoms with Crippen LogP contribution in [-0.4, -0.2) is 28.8 Å². The predicted octanol–water partition coefficient (Wildman–Crippen LogP) is 2.31. The van der Waals surface area contributed by atoms with E-state index in [9.17, 15) is 13.2 Å². The average molecular weight is 274 g/mol. The van der Waals surface area contributed by atoms with Crippen LogP contribution in [0.15, 0.2) is 36.8 Å². The molecule has 0 aromatic carbocycles. The molecule has 1 aliphatic heterocycles. The standard InChI is InChI=1S/C10H12N2.C2HF3O2/c1-2-10(8-12-5-1)9-3-6-11-7-4-9;3-2(4,5)1(6)7/h1,3-7,10,12H,2,8H2;(H,6,7). The average Bonchev–Trinajstić information content (AvgIpc) is 2.40. The van der Waals surface area contributed by atoms with Gasteiger partial charge in [0.2, 0.25) is 0 Å². The molecule has 2 rings (SSSR count). The summed E-state index contributed by atoms with van der Waals surface area (Å²) in [5.41, 5.74) is 1.38. The van der Waals surface area contributed by atoms with Gasteiger partial charge in [0.15, 0.2) is 0 Å². The van der Waals surface area contributed by atoms with Crippen LogP contribution in [0.5, 0.6) is 0 Å². The Kier molecular flexibility index (Phi) is 5.35. The molecule has 0 spiro atoms. The number of pyridine rings is 1. The second-order valence-corrected chi connectivity index (χ2v) is 3.83. The van der Waals surface area contributed by atoms with E-state index in [1.165, 1.54) is 5.56 Å². The van der Waals surface area contributed by atoms with Crippen molar-refractivity contribution in [2.75, 3.05) is 6.54 Å². The summed E-state index contributed by atoms with van der Waals surface area (Å²) in [5.74, 6) is -2.13. The maximum atomic E-state index is 10.6. The van der Waals surface area contributed by atoms with Crippen LogP contribution in [0.2, 0.25) is 0 Å². The minimum absolute atomic E-state index is 0.623. The molecule has 2 heterocycles. The lowest BCUT2D eigenvalue weighted by Gasteiger charge is -2.18. The molecule has 1 aliphatic rings. The Labute approximate surface area is 108 Å². The Balaban J connectivity index is 0.000000224. The van der Waals surface area contributed by atoms with Crippen molar-refractivity contribution in [2.24, 2.45) is 0 Å². The zero-order chi connectivity index (χ0) is 14.3. The molecule has 4 nitrogen and oxygen atoms in total. The third kappa shape index (κ3) is 5.41. The van der Waals surface area contributed by atoms with Crippen LogP contribution in [0.1, 0.15) is 17.9 Å². The number of aromatic nitrogens is 1. The lowest BCUT2D eigenvalue weighted by molar-refractivity contribution is -0.192. The molecule has 1 atom stereocenters. The topological polar surface area (TPSA) is 62.2 Å². The largest absolute Gasteiger partial charge is 0.490 e. The summed E-state index contributed by atoms with van der Waals surface area (Å²) in [6, 6.07) is 4.18. The fraction of sp³-hybridized carbons (Fsp3) is 0.333. The molecule has 0 fully saturated rings. The molecule has 0 aliphatic carbocycles. The number of halogens is 3. The molecule has 1 aromatic rings. The zero-order valence-corrected chi connectivity index (χ0v) is 9.89. The highest BCUT2D eigenvalue weighted by molar-refractivity contribution is 5.73. The molecule has 104 valence electrons. The van der Waals surface area contributed by atoms with Gasteiger partial charge in [-0.3, -0.25) is 4.98 Å². The van der Waals surface area contributed by atoms with Crippen molar-refractivity contribution in [1.82, 2.24) is 10.3 Å². The molecule has 0 saturated carbocycles. The summed E-state index contributed by atoms with van der Waals surface area (Å²) in [4.78, 5) is 12.9. The van der Waals surface area contributed by atoms with Crippen molar-refractivity contribution < 1.29 is 23.1 Å². The predicted molar refractivity (Wildman–Crippen MR) is 62.4 cm³/mol. The van der Waals surface area contributed by atoms with Gasteiger partial charge in [-0.2, -0.15) is 13.2 Å². The number of carbonyl (C=O) groups is 1. The summed E-state index contributed by atoms with van der Waals surface area (Å²) in [6.45, 7) is 1.04. The summed E-state index contributed by atoms with van der Waals surface area (Å²) in [5, 5.41) is 10.4. The Morgan fingerprint density at radius 3 is 2.37 bits per heavy atom. The molecule has 0 bridgehead atoms. The van der Waals surface area contributed by atoms with E-state index in [1.807, 2.05) is 18.6 Å². The molecule has 0 radical (unpaired) electrons. The summed E-state index contributed by atoms with van der Waals surface area (Å²) in [6.07, 6.45) is 3.96. The first-order chi connectivity index (χ1) is 8.91. The quantitative estimate of drug-likeness (QED) is 0.825. The van der Waals surface area contributed by atoms with Crippen LogP contribution in [0.4, 0.5) is 13.2 Å². The van der Waals surface area contributed by atoms with E-state index >= 15 is 0 Å². The smallest absolute Gasteiger partial charge is 0.475 e. The second kappa shape index (κ2) is 6.77. The van der Waals surface area contributed by atoms with Crippen molar-refractivity contribution in [3.05, 3.63) is 42.4 Å². The Morgan fingerprint density at radius 2 is 1.95 bits per heavy atom. The van der Waals surface area contributed by atoms with E-state index in [1.54, 1.807) is 0 Å². The van der Waals surface area contributed by atoms with Gasteiger partial charge in [-0.1, -0.05) is 6.08 Å². The number of nitrogens with one attached hydrogen (secondary N) is 1. The zero-order valence-electron chi connectivity index (χ0n) is 9.89. The van der Waals surface area contributed by atoms with E-state index in [-0.39, 0.29) is 0 Å². The Hall–Kier alpha value is -2.05. The minimum Gasteiger partial charge on any atom is -0.475 e. The summed E-state index contributed by atoms with van der Waals surface area (Å²) in [7, 11) is 0. The molecule has 0 amide bonds. The van der Waals surface area contributed by atoms with Crippen LogP contribution >= 0.6 is 0 Å². The van der Waals surface area contributed by atoms with Crippen LogP contribution in [0, 0.1) is 0 Å². The van der Waals surface area contributed by atoms with Crippen LogP contribution in [-0.2, 0) is 4.79 Å². The van der Waals surface area contributed by atoms with Crippen molar-refractivity contribution in [2.45, 2.75) is 18.5 Å². The monoisotopic (exact) mass is 274 g/mol. The first-order valence-electron chi connectivity index (χ1n) is 5.49. The Morgan fingerprint density at radius 1 is 1.37 bits per heavy atom. The minimum atomic E-state index is -5.08. The fourth-order valence-corrected chi connectivity index (χ4v) is 1.50. The van der Waals surface area contributed by atoms with Crippen LogP contribution < -0.4 is 5.32 Å². The van der Waals surface area contributed by atoms with E-state index in [2.05, 4.69) is 28.5 Å². The molecule has 1 aromatic heterocycles. The summed E-state index contributed by atoms with van der Waals surface area (Å²) >= 11 is 0. The highest BCUT2D eigenvalue weighted by Crippen LogP contribution is 2.20. The lowest BCUT2D eigenvalue weighted by atomic mass is 9.95. The van der Waals surface area contributed by atoms with E-state index in [0.29, 0.717) is 5.92 Å². The number of hydrogen-bond acceptors (Lipinski definition) is 3. The normalized spacial score (nSPS) is 17.9. The van der Waals surface area contributed by atoms with E-state index in [4.69, 9.17) is 9.90 Å². The van der Waals surface area contributed by atoms with Crippen molar-refractivity contribution in [1.29, 1.82) is 0 Å². The van der Waals surface area contributed by atoms with E-state index < -0.39 is 12.1 Å². The Bertz CT molecular complexity index is 432. The van der Waals surface area contributed by atoms with Gasteiger partial charge in [0.05, 0.1) is 0 Å². The molecule has 2 N–H and O–H groups in total. The maximum absolute atomic E-state index is 10.6. The number of carboxylic acid groups (broad SMARTS) is 1. The first-order valence-corrected chi connectivity index (χ1v) is 5.49. The fourth-order valence-electron chi connectivity index (χ4n) is 1.50. The van der Waals surface area contributed by atoms with Crippen LogP contribution in [0.25, 0.3) is 0 Å². The number of hydrogen-bond donors (Lipinski definition) is 2. The first kappa shape index (κ1) is 15.0. The van der Waals surface area contributed by atoms with Gasteiger partial charge in [0, 0.05) is 24.9 Å². The number of allylic oxidation sites excluding steroid dienone is 1. The van der Waals surface area contributed by atoms with Gasteiger partial charge in [0.1, 0.15) is 0 Å². The number of nitrogens with zero attached hydrogens (tertiary/aromatic N) is 1. The van der Waals surface area contributed by atoms with Crippen molar-refractivity contribution in [3.63, 3.8) is 0 Å². The van der Waals surface area contributed by atoms with Gasteiger partial charge in [-0.15, -0.1) is 0 Å². The molecule has 7 heteroatoms. The van der Waals surface area contributed by atoms with Crippen LogP contribution in [0.3, 0.4) is 0 Å². The molecular weight excluding hydrogens is 261 g/mol. The molecular formula is C12H13F3N2O2. The second-order valence-electron chi connectivity index (χ2n) is 3.83. The number of carboxylic acids is 1. The number of aliphatic carboxylic acids is 1. The number of rotatable bonds is 1. The van der Waals surface area contributed by atoms with E-state index in [0.717, 1.165) is 13.0 Å². The van der Waals surface area contributed by atoms with Crippen molar-refractivity contribution >= 4 is 5.97 Å². The molecule has 0 saturated heterocycles. The van der Waals surface area contributed by atoms with Gasteiger partial charge in [-0.25, -0.2) is 4.79 Å². The maximum Gasteiger partial charge on any atom is 0.490 e. The van der Waals surface area contributed by atoms with Crippen molar-refractivity contribution in [3.8, 4) is 0 Å². The highest BCUT2D eigenvalue weighted by Gasteiger charge is 2.38. The highest BCUT2D eigenvalue weighted by atomic mass is 19.4. The third-order valence-electron chi connectivity index (χ3n) is 2.44.